The van der Waals surface area contributed by atoms with E-state index in [1.54, 1.807) is 88.6 Å². The number of aliphatic hydroxyl groups excluding tert-OH is 1. The molecular formula is C80H99N9O21S. The summed E-state index contributed by atoms with van der Waals surface area (Å²) in [7, 11) is 0. The SMILES string of the molecule is CC(=O)N[C@@H](Cc1ccc(O)cc1)C(=O)C[C@H](C(=O)N[C@@H](CCC(=O)O)C(=O)C[C@@H](CS)C(=O)N[C@@H](Cc1c[nH]c2ccccc12)C(=O)C[C@H](C(=O)N[C@@H](CC(=O)O)C(=O)CCC(=O)N[C@@H](Cc1c[nH]c2ccccc12)C(=O)C[C@H](C(=O)N1CCC[C@H]1C(=O)N[C@@H](Cc1ccc(O)cc1)C(=O)O)C(C)C)C(C)C)[C@@H](C)O. The fourth-order valence-corrected chi connectivity index (χ4v) is 14.0. The predicted molar refractivity (Wildman–Crippen MR) is 408 cm³/mol. The smallest absolute Gasteiger partial charge is 0.326 e. The van der Waals surface area contributed by atoms with E-state index in [9.17, 15) is 103 Å². The number of aliphatic carboxylic acids is 3. The Bertz CT molecular complexity index is 4360. The van der Waals surface area contributed by atoms with E-state index in [4.69, 9.17) is 0 Å². The number of rotatable bonds is 45. The van der Waals surface area contributed by atoms with E-state index in [1.165, 1.54) is 67.3 Å². The van der Waals surface area contributed by atoms with Crippen molar-refractivity contribution in [3.05, 3.63) is 132 Å². The van der Waals surface area contributed by atoms with Crippen LogP contribution in [0, 0.1) is 35.5 Å². The lowest BCUT2D eigenvalue weighted by Crippen LogP contribution is -2.53. The van der Waals surface area contributed by atoms with Gasteiger partial charge in [-0.2, -0.15) is 12.6 Å². The van der Waals surface area contributed by atoms with E-state index in [-0.39, 0.29) is 55.9 Å². The number of carboxylic acid groups (broad SMARTS) is 3. The minimum Gasteiger partial charge on any atom is -0.508 e. The van der Waals surface area contributed by atoms with Gasteiger partial charge in [0, 0.05) is 129 Å². The minimum absolute atomic E-state index is 0.0363. The number of aromatic amines is 2. The van der Waals surface area contributed by atoms with Crippen LogP contribution >= 0.6 is 12.6 Å². The lowest BCUT2D eigenvalue weighted by molar-refractivity contribution is -0.146. The molecule has 111 heavy (non-hydrogen) atoms. The molecule has 0 bridgehead atoms. The molecule has 1 fully saturated rings. The first-order chi connectivity index (χ1) is 52.6. The summed E-state index contributed by atoms with van der Waals surface area (Å²) >= 11 is 4.37. The number of phenols is 2. The maximum absolute atomic E-state index is 14.9. The Morgan fingerprint density at radius 2 is 0.955 bits per heavy atom. The van der Waals surface area contributed by atoms with Crippen molar-refractivity contribution in [1.82, 2.24) is 46.8 Å². The Kier molecular flexibility index (Phi) is 32.3. The zero-order valence-corrected chi connectivity index (χ0v) is 63.6. The number of fused-ring (bicyclic) bond motifs is 2. The maximum atomic E-state index is 14.9. The second-order valence-corrected chi connectivity index (χ2v) is 29.5. The Balaban J connectivity index is 1.04. The number of benzene rings is 4. The van der Waals surface area contributed by atoms with E-state index in [2.05, 4.69) is 54.5 Å². The number of phenolic OH excluding ortho intramolecular Hbond substituents is 2. The molecule has 0 unspecified atom stereocenters. The van der Waals surface area contributed by atoms with E-state index in [0.29, 0.717) is 50.5 Å². The quantitative estimate of drug-likeness (QED) is 0.0225. The van der Waals surface area contributed by atoms with Crippen LogP contribution in [0.2, 0.25) is 0 Å². The van der Waals surface area contributed by atoms with Crippen molar-refractivity contribution in [2.45, 2.75) is 186 Å². The van der Waals surface area contributed by atoms with Crippen molar-refractivity contribution in [3.63, 3.8) is 0 Å². The van der Waals surface area contributed by atoms with Crippen molar-refractivity contribution >= 4 is 123 Å². The summed E-state index contributed by atoms with van der Waals surface area (Å²) in [5.74, 6) is -20.4. The molecule has 12 atom stereocenters. The molecule has 14 N–H and O–H groups in total. The molecule has 1 aliphatic heterocycles. The number of carbonyl (C=O) groups excluding carboxylic acids is 12. The molecule has 30 nitrogen and oxygen atoms in total. The van der Waals surface area contributed by atoms with Gasteiger partial charge in [0.05, 0.1) is 54.6 Å². The van der Waals surface area contributed by atoms with Crippen LogP contribution in [0.25, 0.3) is 21.8 Å². The molecule has 2 aromatic heterocycles. The molecule has 1 aliphatic rings. The average Bonchev–Trinajstić information content (AvgIpc) is 1.71. The van der Waals surface area contributed by atoms with Gasteiger partial charge in [-0.1, -0.05) is 88.4 Å². The molecule has 0 aliphatic carbocycles. The standard InChI is InChI=1S/C80H99N9O21S/c1-42(2)55(35-69(96)63(33-49-40-82-59-15-10-8-13-54(49)59)86-75(104)50(41-111)34-68(95)60(25-28-73(100)101)85-77(106)57(44(5)90)37-71(98)61(83-45(6)91)30-46-17-21-51(92)22-18-46)76(105)87-64(38-74(102)103)67(94)26-27-72(99)84-62(32-48-39-81-58-14-9-7-12-53(48)58)70(97)36-56(43(3)4)79(108)89-29-11-16-66(89)78(107)88-65(80(109)110)31-47-19-23-52(93)24-20-47/h7-10,12-15,17-24,39-40,42-44,50,55-57,60-66,81-82,90,92-93,111H,11,16,25-38,41H2,1-6H3,(H,83,91)(H,84,99)(H,85,106)(H,86,104)(H,87,105)(H,88,107)(H,100,101)(H,102,103)(H,109,110)/t44-,50+,55+,56+,57+,60+,61+,62+,63+,64+,65+,66+/m1/s1. The minimum atomic E-state index is -1.77. The molecule has 0 saturated carbocycles. The number of aliphatic hydroxyl groups is 1. The van der Waals surface area contributed by atoms with E-state index in [1.807, 2.05) is 0 Å². The predicted octanol–water partition coefficient (Wildman–Crippen LogP) is 4.95. The zero-order chi connectivity index (χ0) is 81.5. The molecule has 3 heterocycles. The first kappa shape index (κ1) is 87.1. The van der Waals surface area contributed by atoms with Crippen LogP contribution in [0.5, 0.6) is 11.5 Å². The summed E-state index contributed by atoms with van der Waals surface area (Å²) in [6, 6.07) is 16.0. The number of ketones is 5. The number of hydrogen-bond donors (Lipinski definition) is 15. The topological polar surface area (TPSA) is 484 Å². The number of aromatic nitrogens is 2. The number of para-hydroxylation sites is 2. The molecule has 4 aromatic carbocycles. The van der Waals surface area contributed by atoms with Gasteiger partial charge < -0.3 is 77.4 Å². The number of nitrogens with zero attached hydrogens (tertiary/aromatic N) is 1. The van der Waals surface area contributed by atoms with Gasteiger partial charge in [-0.25, -0.2) is 4.79 Å². The second-order valence-electron chi connectivity index (χ2n) is 29.1. The molecule has 6 aromatic rings. The molecule has 1 saturated heterocycles. The van der Waals surface area contributed by atoms with Crippen LogP contribution in [-0.4, -0.2) is 194 Å². The second kappa shape index (κ2) is 41.1. The van der Waals surface area contributed by atoms with E-state index in [0.717, 1.165) is 0 Å². The number of likely N-dealkylation sites (tertiary alicyclic amines) is 1. The fraction of sp³-hybridized carbons (Fsp3) is 0.463. The van der Waals surface area contributed by atoms with Gasteiger partial charge in [-0.05, 0) is 103 Å². The van der Waals surface area contributed by atoms with Gasteiger partial charge in [0.1, 0.15) is 23.6 Å². The van der Waals surface area contributed by atoms with Crippen molar-refractivity contribution in [2.24, 2.45) is 35.5 Å². The average molecular weight is 1550 g/mol. The van der Waals surface area contributed by atoms with Gasteiger partial charge >= 0.3 is 17.9 Å². The third-order valence-corrected chi connectivity index (χ3v) is 20.6. The molecular weight excluding hydrogens is 1450 g/mol. The number of carbonyl (C=O) groups is 15. The number of amides is 7. The van der Waals surface area contributed by atoms with Crippen molar-refractivity contribution < 1.29 is 103 Å². The number of H-pyrrole nitrogens is 2. The summed E-state index contributed by atoms with van der Waals surface area (Å²) in [6.07, 6.45) is -3.96. The highest BCUT2D eigenvalue weighted by Crippen LogP contribution is 2.30. The van der Waals surface area contributed by atoms with Crippen molar-refractivity contribution in [3.8, 4) is 11.5 Å². The Labute approximate surface area is 646 Å². The summed E-state index contributed by atoms with van der Waals surface area (Å²) in [6.45, 7) is 9.12. The van der Waals surface area contributed by atoms with Crippen LogP contribution < -0.4 is 31.9 Å². The number of thiol groups is 1. The zero-order valence-electron chi connectivity index (χ0n) is 62.7. The Hall–Kier alpha value is -11.1. The molecule has 0 spiro atoms. The highest BCUT2D eigenvalue weighted by atomic mass is 32.1. The van der Waals surface area contributed by atoms with Crippen LogP contribution in [0.15, 0.2) is 109 Å². The van der Waals surface area contributed by atoms with Crippen molar-refractivity contribution in [1.29, 1.82) is 0 Å². The summed E-state index contributed by atoms with van der Waals surface area (Å²) in [5.41, 5.74) is 3.56. The van der Waals surface area contributed by atoms with Gasteiger partial charge in [0.15, 0.2) is 28.9 Å². The number of Topliss-reactive ketones (excluding diaryl/α,β-unsaturated/α-hetero) is 5. The first-order valence-electron chi connectivity index (χ1n) is 36.9. The van der Waals surface area contributed by atoms with Crippen LogP contribution in [0.4, 0.5) is 0 Å². The van der Waals surface area contributed by atoms with Gasteiger partial charge in [0.2, 0.25) is 41.4 Å². The van der Waals surface area contributed by atoms with Gasteiger partial charge in [-0.3, -0.25) is 67.1 Å². The Morgan fingerprint density at radius 3 is 1.45 bits per heavy atom. The highest BCUT2D eigenvalue weighted by molar-refractivity contribution is 7.80. The summed E-state index contributed by atoms with van der Waals surface area (Å²) < 4.78 is 0. The van der Waals surface area contributed by atoms with Crippen molar-refractivity contribution in [2.75, 3.05) is 12.3 Å². The van der Waals surface area contributed by atoms with Crippen LogP contribution in [0.1, 0.15) is 134 Å². The van der Waals surface area contributed by atoms with E-state index < -0.39 is 230 Å². The Morgan fingerprint density at radius 1 is 0.486 bits per heavy atom. The number of carboxylic acids is 3. The summed E-state index contributed by atoms with van der Waals surface area (Å²) in [5, 5.41) is 77.1. The number of hydrogen-bond acceptors (Lipinski definition) is 19. The highest BCUT2D eigenvalue weighted by Gasteiger charge is 2.42. The normalized spacial score (nSPS) is 15.8. The molecule has 7 amide bonds. The monoisotopic (exact) mass is 1550 g/mol. The number of nitrogens with one attached hydrogen (secondary N) is 8. The van der Waals surface area contributed by atoms with Gasteiger partial charge in [-0.15, -0.1) is 0 Å². The molecule has 7 rings (SSSR count). The first-order valence-corrected chi connectivity index (χ1v) is 37.6. The third kappa shape index (κ3) is 25.5. The third-order valence-electron chi connectivity index (χ3n) is 20.1. The van der Waals surface area contributed by atoms with Crippen LogP contribution in [0.3, 0.4) is 0 Å². The fourth-order valence-electron chi connectivity index (χ4n) is 13.7. The lowest BCUT2D eigenvalue weighted by Gasteiger charge is -2.31. The molecule has 596 valence electrons. The molecule has 31 heteroatoms. The number of aromatic hydroxyl groups is 2. The summed E-state index contributed by atoms with van der Waals surface area (Å²) in [4.78, 5) is 214. The molecule has 0 radical (unpaired) electrons. The van der Waals surface area contributed by atoms with Crippen LogP contribution in [-0.2, 0) is 97.6 Å². The maximum Gasteiger partial charge on any atom is 0.326 e. The largest absolute Gasteiger partial charge is 0.508 e. The lowest BCUT2D eigenvalue weighted by atomic mass is 9.86. The van der Waals surface area contributed by atoms with E-state index >= 15 is 0 Å². The van der Waals surface area contributed by atoms with Gasteiger partial charge in [0.25, 0.3) is 0 Å².